The third kappa shape index (κ3) is 2.88. The van der Waals surface area contributed by atoms with Crippen LogP contribution in [0.25, 0.3) is 27.7 Å². The van der Waals surface area contributed by atoms with E-state index in [2.05, 4.69) is 15.5 Å². The largest absolute Gasteiger partial charge is 0.369 e. The van der Waals surface area contributed by atoms with E-state index in [4.69, 9.17) is 0 Å². The summed E-state index contributed by atoms with van der Waals surface area (Å²) in [6.45, 7) is 5.93. The van der Waals surface area contributed by atoms with Crippen LogP contribution >= 0.6 is 0 Å². The van der Waals surface area contributed by atoms with E-state index in [1.54, 1.807) is 24.4 Å². The van der Waals surface area contributed by atoms with Crippen LogP contribution in [0.15, 0.2) is 36.5 Å². The zero-order valence-electron chi connectivity index (χ0n) is 18.8. The van der Waals surface area contributed by atoms with Gasteiger partial charge < -0.3 is 5.32 Å². The number of anilines is 1. The van der Waals surface area contributed by atoms with Gasteiger partial charge in [0.25, 0.3) is 0 Å². The molecule has 33 heavy (non-hydrogen) atoms. The molecule has 0 atom stereocenters. The minimum absolute atomic E-state index is 0.339. The smallest absolute Gasteiger partial charge is 0.236 e. The monoisotopic (exact) mass is 465 g/mol. The fourth-order valence-corrected chi connectivity index (χ4v) is 5.77. The van der Waals surface area contributed by atoms with Crippen LogP contribution in [-0.2, 0) is 15.6 Å². The molecular formula is C24H24FN5O2S. The predicted octanol–water partition coefficient (Wildman–Crippen LogP) is 4.68. The highest BCUT2D eigenvalue weighted by atomic mass is 32.2. The zero-order valence-corrected chi connectivity index (χ0v) is 19.7. The van der Waals surface area contributed by atoms with Crippen LogP contribution in [0.2, 0.25) is 0 Å². The van der Waals surface area contributed by atoms with Gasteiger partial charge in [-0.2, -0.15) is 0 Å². The number of hydrogen-bond donors (Lipinski definition) is 1. The second-order valence-corrected chi connectivity index (χ2v) is 11.5. The van der Waals surface area contributed by atoms with Crippen LogP contribution in [0.3, 0.4) is 0 Å². The molecule has 2 aliphatic rings. The van der Waals surface area contributed by atoms with E-state index in [1.165, 1.54) is 16.3 Å². The Balaban J connectivity index is 1.65. The second-order valence-electron chi connectivity index (χ2n) is 9.61. The Hall–Kier alpha value is -3.20. The SMILES string of the molecule is Cc1c(-c2cccc3c2ccn3S(C)(=O)=O)cc(F)c2c1-n1c(C3CC3)nnc1C(C)(C)N2. The molecule has 0 saturated heterocycles. The van der Waals surface area contributed by atoms with Crippen LogP contribution in [-0.4, -0.2) is 33.4 Å². The van der Waals surface area contributed by atoms with Crippen molar-refractivity contribution in [2.24, 2.45) is 0 Å². The van der Waals surface area contributed by atoms with Gasteiger partial charge in [0.15, 0.2) is 5.82 Å². The van der Waals surface area contributed by atoms with Crippen molar-refractivity contribution in [3.8, 4) is 16.8 Å². The van der Waals surface area contributed by atoms with Crippen LogP contribution in [0.1, 0.15) is 49.8 Å². The van der Waals surface area contributed by atoms with Crippen molar-refractivity contribution in [3.05, 3.63) is 59.6 Å². The van der Waals surface area contributed by atoms with Crippen molar-refractivity contribution in [1.82, 2.24) is 18.7 Å². The van der Waals surface area contributed by atoms with Crippen LogP contribution in [0.5, 0.6) is 0 Å². The molecule has 3 heterocycles. The summed E-state index contributed by atoms with van der Waals surface area (Å²) in [6, 6.07) is 8.77. The van der Waals surface area contributed by atoms with Gasteiger partial charge >= 0.3 is 0 Å². The third-order valence-corrected chi connectivity index (χ3v) is 7.73. The van der Waals surface area contributed by atoms with Crippen molar-refractivity contribution < 1.29 is 12.8 Å². The Kier molecular flexibility index (Phi) is 3.98. The molecule has 170 valence electrons. The first-order valence-electron chi connectivity index (χ1n) is 11.0. The Morgan fingerprint density at radius 3 is 2.61 bits per heavy atom. The highest BCUT2D eigenvalue weighted by Crippen LogP contribution is 2.48. The Labute approximate surface area is 191 Å². The molecule has 0 bridgehead atoms. The minimum Gasteiger partial charge on any atom is -0.369 e. The first-order chi connectivity index (χ1) is 15.6. The molecule has 1 aliphatic carbocycles. The fourth-order valence-electron chi connectivity index (χ4n) is 4.98. The normalized spacial score (nSPS) is 17.0. The molecule has 7 nitrogen and oxygen atoms in total. The van der Waals surface area contributed by atoms with E-state index < -0.39 is 15.6 Å². The van der Waals surface area contributed by atoms with Crippen LogP contribution in [0, 0.1) is 12.7 Å². The van der Waals surface area contributed by atoms with Gasteiger partial charge in [0.1, 0.15) is 11.6 Å². The number of benzene rings is 2. The molecule has 6 rings (SSSR count). The standard InChI is InChI=1S/C24H24FN5O2S/c1-13-17(15-6-5-7-19-16(15)10-11-29(19)33(4,31)32)12-18(25)20-21(13)30-22(14-8-9-14)27-28-23(30)24(2,3)26-20/h5-7,10-12,14,26H,8-9H2,1-4H3. The van der Waals surface area contributed by atoms with Gasteiger partial charge in [-0.3, -0.25) is 4.57 Å². The third-order valence-electron chi connectivity index (χ3n) is 6.70. The molecule has 2 aromatic carbocycles. The molecular weight excluding hydrogens is 441 g/mol. The van der Waals surface area contributed by atoms with E-state index in [1.807, 2.05) is 31.4 Å². The fraction of sp³-hybridized carbons (Fsp3) is 0.333. The molecule has 1 aliphatic heterocycles. The molecule has 4 aromatic rings. The number of nitrogens with one attached hydrogen (secondary N) is 1. The summed E-state index contributed by atoms with van der Waals surface area (Å²) in [4.78, 5) is 0. The molecule has 0 amide bonds. The topological polar surface area (TPSA) is 81.8 Å². The van der Waals surface area contributed by atoms with E-state index in [0.717, 1.165) is 46.7 Å². The maximum atomic E-state index is 15.7. The lowest BCUT2D eigenvalue weighted by Gasteiger charge is -2.35. The summed E-state index contributed by atoms with van der Waals surface area (Å²) in [5.74, 6) is 1.62. The maximum Gasteiger partial charge on any atom is 0.236 e. The summed E-state index contributed by atoms with van der Waals surface area (Å²) in [6.07, 6.45) is 4.83. The average molecular weight is 466 g/mol. The molecule has 1 saturated carbocycles. The van der Waals surface area contributed by atoms with Gasteiger partial charge in [0.2, 0.25) is 10.0 Å². The lowest BCUT2D eigenvalue weighted by molar-refractivity contribution is 0.520. The van der Waals surface area contributed by atoms with Gasteiger partial charge in [0.05, 0.1) is 28.7 Å². The van der Waals surface area contributed by atoms with Gasteiger partial charge in [-0.1, -0.05) is 12.1 Å². The quantitative estimate of drug-likeness (QED) is 0.475. The molecule has 0 radical (unpaired) electrons. The molecule has 1 N–H and O–H groups in total. The lowest BCUT2D eigenvalue weighted by atomic mass is 9.92. The van der Waals surface area contributed by atoms with Crippen LogP contribution < -0.4 is 5.32 Å². The number of halogens is 1. The second kappa shape index (κ2) is 6.44. The van der Waals surface area contributed by atoms with Crippen LogP contribution in [0.4, 0.5) is 10.1 Å². The van der Waals surface area contributed by atoms with Gasteiger partial charge in [-0.15, -0.1) is 10.2 Å². The molecule has 0 unspecified atom stereocenters. The summed E-state index contributed by atoms with van der Waals surface area (Å²) in [5, 5.41) is 13.1. The average Bonchev–Trinajstić information content (AvgIpc) is 3.30. The lowest BCUT2D eigenvalue weighted by Crippen LogP contribution is -2.37. The predicted molar refractivity (Wildman–Crippen MR) is 126 cm³/mol. The van der Waals surface area contributed by atoms with Gasteiger partial charge in [0, 0.05) is 17.5 Å². The summed E-state index contributed by atoms with van der Waals surface area (Å²) in [5.41, 5.74) is 3.54. The van der Waals surface area contributed by atoms with Crippen molar-refractivity contribution in [2.45, 2.75) is 45.1 Å². The first kappa shape index (κ1) is 20.4. The van der Waals surface area contributed by atoms with Crippen molar-refractivity contribution in [3.63, 3.8) is 0 Å². The first-order valence-corrected chi connectivity index (χ1v) is 12.8. The van der Waals surface area contributed by atoms with Gasteiger partial charge in [-0.25, -0.2) is 16.8 Å². The summed E-state index contributed by atoms with van der Waals surface area (Å²) in [7, 11) is -3.46. The highest BCUT2D eigenvalue weighted by molar-refractivity contribution is 7.89. The Morgan fingerprint density at radius 2 is 1.91 bits per heavy atom. The number of rotatable bonds is 3. The number of hydrogen-bond acceptors (Lipinski definition) is 5. The van der Waals surface area contributed by atoms with E-state index in [-0.39, 0.29) is 5.82 Å². The minimum atomic E-state index is -3.46. The molecule has 2 aromatic heterocycles. The number of nitrogens with zero attached hydrogens (tertiary/aromatic N) is 4. The van der Waals surface area contributed by atoms with Crippen molar-refractivity contribution in [2.75, 3.05) is 11.6 Å². The Bertz CT molecular complexity index is 1580. The molecule has 1 fully saturated rings. The van der Waals surface area contributed by atoms with E-state index in [9.17, 15) is 8.42 Å². The maximum absolute atomic E-state index is 15.7. The summed E-state index contributed by atoms with van der Waals surface area (Å²) >= 11 is 0. The molecule has 0 spiro atoms. The summed E-state index contributed by atoms with van der Waals surface area (Å²) < 4.78 is 43.4. The van der Waals surface area contributed by atoms with E-state index in [0.29, 0.717) is 22.7 Å². The number of fused-ring (bicyclic) bond motifs is 4. The van der Waals surface area contributed by atoms with Gasteiger partial charge in [-0.05, 0) is 68.5 Å². The zero-order chi connectivity index (χ0) is 23.3. The molecule has 9 heteroatoms. The number of aromatic nitrogens is 4. The van der Waals surface area contributed by atoms with E-state index >= 15 is 4.39 Å². The Morgan fingerprint density at radius 1 is 1.15 bits per heavy atom. The van der Waals surface area contributed by atoms with Crippen molar-refractivity contribution >= 4 is 26.6 Å². The highest BCUT2D eigenvalue weighted by Gasteiger charge is 2.41. The van der Waals surface area contributed by atoms with Crippen molar-refractivity contribution in [1.29, 1.82) is 0 Å².